The maximum atomic E-state index is 13.9. The van der Waals surface area contributed by atoms with Gasteiger partial charge < -0.3 is 68.4 Å². The first-order valence-corrected chi connectivity index (χ1v) is 29.7. The molecule has 2 unspecified atom stereocenters. The maximum Gasteiger partial charge on any atom is 0.404 e. The minimum atomic E-state index is -1.75. The minimum Gasteiger partial charge on any atom is -0.492 e. The van der Waals surface area contributed by atoms with Gasteiger partial charge in [0.15, 0.2) is 28.7 Å². The third-order valence-electron chi connectivity index (χ3n) is 16.3. The Bertz CT molecular complexity index is 3690. The van der Waals surface area contributed by atoms with E-state index in [9.17, 15) is 72.5 Å². The lowest BCUT2D eigenvalue weighted by Crippen LogP contribution is -2.52. The number of ether oxygens (including phenoxy) is 2. The molecule has 490 valence electrons. The fraction of sp³-hybridized carbons (Fsp3) is 0.474. The van der Waals surface area contributed by atoms with Crippen LogP contribution in [0.15, 0.2) is 62.9 Å². The van der Waals surface area contributed by atoms with Gasteiger partial charge in [-0.25, -0.2) is 14.8 Å². The number of rotatable bonds is 31. The number of likely N-dealkylation sites (tertiary alicyclic amines) is 1. The quantitative estimate of drug-likeness (QED) is 0.00835. The number of nitrogen functional groups attached to an aromatic ring is 1. The number of aromatic nitrogens is 4. The zero-order valence-electron chi connectivity index (χ0n) is 49.9. The molecule has 3 fully saturated rings. The summed E-state index contributed by atoms with van der Waals surface area (Å²) >= 11 is 0.775. The Morgan fingerprint density at radius 2 is 1.65 bits per heavy atom. The number of aromatic amines is 1. The van der Waals surface area contributed by atoms with Gasteiger partial charge in [-0.1, -0.05) is 0 Å². The molecule has 0 radical (unpaired) electrons. The van der Waals surface area contributed by atoms with Crippen LogP contribution < -0.4 is 44.4 Å². The van der Waals surface area contributed by atoms with Crippen LogP contribution in [0.1, 0.15) is 87.7 Å². The molecule has 14 N–H and O–H groups in total. The van der Waals surface area contributed by atoms with Gasteiger partial charge in [-0.2, -0.15) is 14.6 Å². The number of carbonyl (C=O) groups excluding carboxylic acids is 12. The lowest BCUT2D eigenvalue weighted by Gasteiger charge is -2.39. The number of aliphatic imine (C=N–C) groups is 1. The van der Waals surface area contributed by atoms with Gasteiger partial charge in [0.25, 0.3) is 11.5 Å². The number of anilines is 2. The van der Waals surface area contributed by atoms with Crippen molar-refractivity contribution in [1.29, 1.82) is 0 Å². The highest BCUT2D eigenvalue weighted by Gasteiger charge is 2.74. The number of hydrogen-bond donors (Lipinski definition) is 10. The molecule has 2 aromatic heterocycles. The van der Waals surface area contributed by atoms with E-state index in [-0.39, 0.29) is 136 Å². The van der Waals surface area contributed by atoms with Crippen LogP contribution in [-0.2, 0) is 73.6 Å². The number of allylic oxidation sites excluding steroid dienone is 2. The smallest absolute Gasteiger partial charge is 0.404 e. The maximum absolute atomic E-state index is 13.9. The molecule has 8 rings (SSSR count). The van der Waals surface area contributed by atoms with E-state index < -0.39 is 142 Å². The molecule has 3 aromatic rings. The molecule has 1 aromatic carbocycles. The Hall–Kier alpha value is -10.4. The number of guanidine groups is 1. The van der Waals surface area contributed by atoms with Crippen molar-refractivity contribution >= 4 is 117 Å². The third-order valence-corrected chi connectivity index (χ3v) is 17.7. The van der Waals surface area contributed by atoms with Gasteiger partial charge in [0.05, 0.1) is 72.5 Å². The number of carbonyl (C=O) groups is 12. The number of methoxy groups -OCH3 is 1. The topological polar surface area (TPSA) is 531 Å². The monoisotopic (exact) mass is 1300 g/mol. The fourth-order valence-corrected chi connectivity index (χ4v) is 13.1. The minimum absolute atomic E-state index is 0.00725. The van der Waals surface area contributed by atoms with Gasteiger partial charge in [-0.15, -0.1) is 11.8 Å². The van der Waals surface area contributed by atoms with Crippen molar-refractivity contribution in [3.8, 4) is 0 Å². The van der Waals surface area contributed by atoms with Gasteiger partial charge in [-0.3, -0.25) is 72.4 Å². The van der Waals surface area contributed by atoms with E-state index in [0.29, 0.717) is 16.9 Å². The number of nitrogens with zero attached hydrogens (tertiary/aromatic N) is 7. The number of fused-ring (bicyclic) bond motifs is 5. The number of piperazine rings is 1. The summed E-state index contributed by atoms with van der Waals surface area (Å²) in [4.78, 5) is 210. The van der Waals surface area contributed by atoms with E-state index >= 15 is 0 Å². The molecule has 0 bridgehead atoms. The number of hydrogen-bond acceptors (Lipinski definition) is 25. The molecular weight excluding hydrogens is 1230 g/mol. The Morgan fingerprint density at radius 3 is 2.30 bits per heavy atom. The van der Waals surface area contributed by atoms with E-state index in [2.05, 4.69) is 40.9 Å². The van der Waals surface area contributed by atoms with E-state index in [1.165, 1.54) is 25.1 Å². The second-order valence-electron chi connectivity index (χ2n) is 22.2. The number of amides is 6. The molecular formula is C57H67N15O19S. The number of ketones is 4. The predicted molar refractivity (Wildman–Crippen MR) is 318 cm³/mol. The number of H-pyrrole nitrogens is 1. The summed E-state index contributed by atoms with van der Waals surface area (Å²) in [6.07, 6.45) is -1.96. The van der Waals surface area contributed by atoms with Crippen LogP contribution in [0.3, 0.4) is 0 Å². The average Bonchev–Trinajstić information content (AvgIpc) is 1.49. The van der Waals surface area contributed by atoms with E-state index in [0.717, 1.165) is 16.7 Å². The highest BCUT2D eigenvalue weighted by atomic mass is 32.2. The molecule has 34 nitrogen and oxygen atoms in total. The molecule has 8 atom stereocenters. The van der Waals surface area contributed by atoms with Crippen molar-refractivity contribution in [2.45, 2.75) is 107 Å². The summed E-state index contributed by atoms with van der Waals surface area (Å²) in [6.45, 7) is 2.94. The lowest BCUT2D eigenvalue weighted by atomic mass is 9.78. The highest BCUT2D eigenvalue weighted by Crippen LogP contribution is 2.59. The Kier molecular flexibility index (Phi) is 22.4. The number of Topliss-reactive ketones (excluding diaryl/α,β-unsaturated/α-hetero) is 4. The summed E-state index contributed by atoms with van der Waals surface area (Å²) in [5, 5.41) is 27.1. The second-order valence-corrected chi connectivity index (χ2v) is 23.4. The fourth-order valence-electron chi connectivity index (χ4n) is 11.8. The number of carboxylic acid groups (broad SMARTS) is 2. The number of benzene rings is 1. The summed E-state index contributed by atoms with van der Waals surface area (Å²) in [7, 11) is 1.25. The zero-order chi connectivity index (χ0) is 67.5. The van der Waals surface area contributed by atoms with Crippen molar-refractivity contribution in [2.24, 2.45) is 39.9 Å². The lowest BCUT2D eigenvalue weighted by molar-refractivity contribution is -0.192. The number of imide groups is 1. The number of carboxylic acids is 2. The molecule has 5 aliphatic rings. The number of aliphatic carboxylic acids is 2. The first-order valence-electron chi connectivity index (χ1n) is 28.7. The SMILES string of the molecule is COC1=C(C)C(=O)C2=C(C1=O)[C@H](COC(N)=O)[C@]1(C)[C@H]3[C@@H](CN21)N3C(=O)CCN1C(=O)CC(SCC(CC(=O)[C@@H](CC(=O)O)NC(=O)[C@@H](CCCN=C(N)N)CC(=O)CCCNC(=O)c2ccc(NCc3cnc4nc(N)[nH]c(=O)c4n3)cc2)C(=O)O)C1=O.O=C=O. The number of primary amides is 1. The van der Waals surface area contributed by atoms with Crippen molar-refractivity contribution in [3.05, 3.63) is 74.7 Å². The van der Waals surface area contributed by atoms with Crippen molar-refractivity contribution in [1.82, 2.24) is 45.3 Å². The van der Waals surface area contributed by atoms with Gasteiger partial charge in [-0.05, 0) is 57.4 Å². The molecule has 0 saturated carbocycles. The molecule has 6 amide bonds. The third kappa shape index (κ3) is 15.8. The first kappa shape index (κ1) is 69.0. The molecule has 92 heavy (non-hydrogen) atoms. The molecule has 0 spiro atoms. The van der Waals surface area contributed by atoms with Crippen LogP contribution >= 0.6 is 11.8 Å². The normalized spacial score (nSPS) is 20.4. The molecule has 1 aliphatic carbocycles. The number of nitrogens with two attached hydrogens (primary N) is 4. The molecule has 4 aliphatic heterocycles. The van der Waals surface area contributed by atoms with Crippen LogP contribution in [0.25, 0.3) is 11.2 Å². The number of thioether (sulfide) groups is 1. The molecule has 35 heteroatoms. The van der Waals surface area contributed by atoms with Crippen molar-refractivity contribution in [3.63, 3.8) is 0 Å². The van der Waals surface area contributed by atoms with Crippen molar-refractivity contribution in [2.75, 3.05) is 56.7 Å². The summed E-state index contributed by atoms with van der Waals surface area (Å²) in [5.41, 5.74) is 21.9. The molecule has 6 heterocycles. The Morgan fingerprint density at radius 1 is 0.946 bits per heavy atom. The molecule has 3 saturated heterocycles. The van der Waals surface area contributed by atoms with Crippen LogP contribution in [0.2, 0.25) is 0 Å². The van der Waals surface area contributed by atoms with Gasteiger partial charge in [0.1, 0.15) is 12.4 Å². The van der Waals surface area contributed by atoms with E-state index in [1.54, 1.807) is 36.1 Å². The first-order chi connectivity index (χ1) is 43.6. The van der Waals surface area contributed by atoms with Crippen LogP contribution in [0, 0.1) is 17.8 Å². The predicted octanol–water partition coefficient (Wildman–Crippen LogP) is -1.96. The van der Waals surface area contributed by atoms with Crippen LogP contribution in [0.4, 0.5) is 16.4 Å². The highest BCUT2D eigenvalue weighted by molar-refractivity contribution is 8.00. The van der Waals surface area contributed by atoms with Crippen molar-refractivity contribution < 1.29 is 86.8 Å². The van der Waals surface area contributed by atoms with Gasteiger partial charge in [0.2, 0.25) is 41.1 Å². The van der Waals surface area contributed by atoms with E-state index in [4.69, 9.17) is 42.0 Å². The van der Waals surface area contributed by atoms with E-state index in [1.807, 2.05) is 0 Å². The zero-order valence-corrected chi connectivity index (χ0v) is 50.7. The van der Waals surface area contributed by atoms with Gasteiger partial charge >= 0.3 is 24.2 Å². The largest absolute Gasteiger partial charge is 0.492 e. The van der Waals surface area contributed by atoms with Gasteiger partial charge in [0, 0.05) is 98.3 Å². The average molecular weight is 1300 g/mol. The Labute approximate surface area is 526 Å². The van der Waals surface area contributed by atoms with Crippen LogP contribution in [-0.4, -0.2) is 202 Å². The Balaban J connectivity index is 0.00000392. The number of nitrogens with one attached hydrogen (secondary N) is 4. The summed E-state index contributed by atoms with van der Waals surface area (Å²) in [5.74, 6) is -13.0. The summed E-state index contributed by atoms with van der Waals surface area (Å²) in [6, 6.07) is 3.67. The standard InChI is InChI=1S/C56H67N15O17S.CO2/c1-25-43(78)42-40(44(79)45(25)87-3)32(23-88-55(60)86)56(2)46-34(22-70(42)56)71(46)37(74)12-15-69-38(75)19-36(51(69)83)89-24-28(52(84)85)17-35(73)33(18-39(76)77)66-49(81)27(6-4-14-62-53(57)58)16-31(72)7-5-13-61-48(80)26-8-10-29(11-9-26)63-20-30-21-64-47-41(65-30)50(82)68-54(59)67-47;2-1-3/h8-11,21,27-28,32-34,36,46,63H,4-7,12-20,22-24H2,1-3H3,(H2,60,86)(H,61,80)(H,66,81)(H,76,77)(H,84,85)(H4,57,58,62)(H3,59,64,67,68,82);/t27-,28?,32-,33+,34+,36?,46+,56+,71?;/m0./s1. The second kappa shape index (κ2) is 29.9. The summed E-state index contributed by atoms with van der Waals surface area (Å²) < 4.78 is 10.5. The van der Waals surface area contributed by atoms with Crippen LogP contribution in [0.5, 0.6) is 0 Å².